The van der Waals surface area contributed by atoms with Crippen molar-refractivity contribution in [2.24, 2.45) is 0 Å². The van der Waals surface area contributed by atoms with Crippen LogP contribution in [-0.2, 0) is 13.6 Å². The Morgan fingerprint density at radius 2 is 0.737 bits per heavy atom. The number of benzene rings is 4. The van der Waals surface area contributed by atoms with Gasteiger partial charge in [0.25, 0.3) is 0 Å². The molecule has 7 aromatic rings. The SMILES string of the molecule is CC(C)(C)OP(=O)(OC(C)(C)C)c1ccc(-c2c3nc(c(-c4c(F)c(F)c(F)c(F)c4F)c4ccc([nH]4)c(-c4ccc(C#C[Si](C)(C)C)cc4)c4nc(c(-c5c(F)c(F)c(F)c(F)c5F)c5ccc2[nH]5)C=C4)C=C3)cc1. The molecule has 8 bridgehead atoms. The smallest absolute Gasteiger partial charge is 0.354 e. The molecule has 7 nitrogen and oxygen atoms in total. The molecule has 390 valence electrons. The zero-order valence-electron chi connectivity index (χ0n) is 42.1. The molecule has 2 N–H and O–H groups in total. The topological polar surface area (TPSA) is 92.9 Å². The van der Waals surface area contributed by atoms with Gasteiger partial charge in [0.15, 0.2) is 46.5 Å². The third kappa shape index (κ3) is 10.1. The Labute approximate surface area is 431 Å². The number of halogens is 10. The number of fused-ring (bicyclic) bond motifs is 8. The van der Waals surface area contributed by atoms with Gasteiger partial charge in [-0.2, -0.15) is 0 Å². The van der Waals surface area contributed by atoms with E-state index in [2.05, 4.69) is 41.1 Å². The molecule has 5 heterocycles. The normalized spacial score (nSPS) is 12.9. The zero-order chi connectivity index (χ0) is 55.1. The summed E-state index contributed by atoms with van der Waals surface area (Å²) in [4.78, 5) is 15.6. The molecule has 0 radical (unpaired) electrons. The monoisotopic (exact) mass is 1080 g/mol. The van der Waals surface area contributed by atoms with Crippen molar-refractivity contribution >= 4 is 67.3 Å². The average Bonchev–Trinajstić information content (AvgIpc) is 4.20. The summed E-state index contributed by atoms with van der Waals surface area (Å²) in [6.07, 6.45) is 5.33. The van der Waals surface area contributed by atoms with E-state index in [1.165, 1.54) is 72.8 Å². The van der Waals surface area contributed by atoms with Gasteiger partial charge in [0.05, 0.1) is 50.4 Å². The first-order valence-corrected chi connectivity index (χ1v) is 28.5. The minimum atomic E-state index is -4.10. The number of aromatic nitrogens is 4. The largest absolute Gasteiger partial charge is 0.362 e. The highest BCUT2D eigenvalue weighted by molar-refractivity contribution is 7.62. The molecule has 0 unspecified atom stereocenters. The van der Waals surface area contributed by atoms with Gasteiger partial charge in [-0.05, 0) is 126 Å². The Balaban J connectivity index is 1.45. The van der Waals surface area contributed by atoms with Crippen LogP contribution in [0.25, 0.3) is 90.9 Å². The van der Waals surface area contributed by atoms with Gasteiger partial charge in [-0.3, -0.25) is 13.6 Å². The van der Waals surface area contributed by atoms with E-state index in [4.69, 9.17) is 19.0 Å². The van der Waals surface area contributed by atoms with E-state index in [0.717, 1.165) is 0 Å². The summed E-state index contributed by atoms with van der Waals surface area (Å²) >= 11 is 0. The van der Waals surface area contributed by atoms with Crippen molar-refractivity contribution < 1.29 is 57.5 Å². The van der Waals surface area contributed by atoms with Crippen LogP contribution in [0.15, 0.2) is 72.8 Å². The van der Waals surface area contributed by atoms with Crippen molar-refractivity contribution in [3.05, 3.63) is 159 Å². The quantitative estimate of drug-likeness (QED) is 0.0414. The molecule has 0 spiro atoms. The fraction of sp³-hybridized carbons (Fsp3) is 0.193. The van der Waals surface area contributed by atoms with Gasteiger partial charge in [0, 0.05) is 49.9 Å². The zero-order valence-corrected chi connectivity index (χ0v) is 44.0. The molecule has 0 saturated carbocycles. The second-order valence-electron chi connectivity index (χ2n) is 20.9. The standard InChI is InChI=1S/C57H45F10N4O3PSi/c1-56(2,3)73-75(72,74-57(4,5)6)31-16-14-30(15-17-31)41-34-20-24-38(70-34)42(44-46(58)50(62)54(66)51(63)47(44)59)36-22-18-32(68-36)40(29-12-10-28(11-13-29)26-27-76(7,8)9)33-19-23-37(69-33)43(39-25-21-35(41)71-39)45-48(60)52(64)55(67)53(65)49(45)61/h10-25,68,71H,1-9H3. The van der Waals surface area contributed by atoms with Crippen LogP contribution in [0.5, 0.6) is 0 Å². The Hall–Kier alpha value is -7.29. The van der Waals surface area contributed by atoms with Crippen LogP contribution >= 0.6 is 7.60 Å². The molecule has 9 rings (SSSR count). The van der Waals surface area contributed by atoms with E-state index in [0.29, 0.717) is 11.1 Å². The Morgan fingerprint density at radius 3 is 1.07 bits per heavy atom. The van der Waals surface area contributed by atoms with Gasteiger partial charge in [-0.15, -0.1) is 5.54 Å². The molecular weight excluding hydrogens is 1040 g/mol. The minimum absolute atomic E-state index is 0.0339. The van der Waals surface area contributed by atoms with E-state index < -0.39 is 107 Å². The highest BCUT2D eigenvalue weighted by Crippen LogP contribution is 2.54. The number of nitrogens with one attached hydrogen (secondary N) is 2. The maximum absolute atomic E-state index is 16.2. The van der Waals surface area contributed by atoms with Crippen molar-refractivity contribution in [3.63, 3.8) is 0 Å². The number of aromatic amines is 2. The van der Waals surface area contributed by atoms with Crippen LogP contribution in [0, 0.1) is 69.6 Å². The predicted molar refractivity (Wildman–Crippen MR) is 279 cm³/mol. The molecule has 0 aliphatic carbocycles. The molecule has 4 aromatic carbocycles. The third-order valence-electron chi connectivity index (χ3n) is 11.7. The molecule has 0 amide bonds. The Bertz CT molecular complexity index is 3790. The van der Waals surface area contributed by atoms with Gasteiger partial charge in [0.1, 0.15) is 8.07 Å². The van der Waals surface area contributed by atoms with Crippen LogP contribution in [0.2, 0.25) is 19.6 Å². The molecule has 76 heavy (non-hydrogen) atoms. The fourth-order valence-electron chi connectivity index (χ4n) is 8.62. The van der Waals surface area contributed by atoms with E-state index in [1.807, 2.05) is 0 Å². The minimum Gasteiger partial charge on any atom is -0.354 e. The van der Waals surface area contributed by atoms with Crippen LogP contribution in [0.3, 0.4) is 0 Å². The summed E-state index contributed by atoms with van der Waals surface area (Å²) < 4.78 is 182. The van der Waals surface area contributed by atoms with E-state index >= 15 is 35.1 Å². The molecule has 2 aliphatic heterocycles. The van der Waals surface area contributed by atoms with Crippen LogP contribution in [0.4, 0.5) is 43.9 Å². The highest BCUT2D eigenvalue weighted by atomic mass is 31.2. The maximum atomic E-state index is 16.2. The lowest BCUT2D eigenvalue weighted by Gasteiger charge is -2.32. The number of nitrogens with zero attached hydrogens (tertiary/aromatic N) is 2. The summed E-state index contributed by atoms with van der Waals surface area (Å²) in [5.74, 6) is -19.2. The molecule has 3 aromatic heterocycles. The third-order valence-corrected chi connectivity index (χ3v) is 15.1. The molecule has 0 saturated heterocycles. The second kappa shape index (κ2) is 19.4. The summed E-state index contributed by atoms with van der Waals surface area (Å²) in [6, 6.07) is 18.1. The Kier molecular flexibility index (Phi) is 13.6. The summed E-state index contributed by atoms with van der Waals surface area (Å²) in [7, 11) is -5.94. The van der Waals surface area contributed by atoms with Gasteiger partial charge < -0.3 is 9.97 Å². The summed E-state index contributed by atoms with van der Waals surface area (Å²) in [5, 5.41) is 0.116. The Morgan fingerprint density at radius 1 is 0.434 bits per heavy atom. The predicted octanol–water partition coefficient (Wildman–Crippen LogP) is 16.4. The lowest BCUT2D eigenvalue weighted by molar-refractivity contribution is 0.0548. The number of hydrogen-bond acceptors (Lipinski definition) is 5. The highest BCUT2D eigenvalue weighted by Gasteiger charge is 2.38. The van der Waals surface area contributed by atoms with E-state index in [9.17, 15) is 13.3 Å². The van der Waals surface area contributed by atoms with E-state index in [-0.39, 0.29) is 66.8 Å². The lowest BCUT2D eigenvalue weighted by atomic mass is 10.0. The second-order valence-corrected chi connectivity index (χ2v) is 27.5. The van der Waals surface area contributed by atoms with Crippen LogP contribution < -0.4 is 5.30 Å². The first kappa shape index (κ1) is 53.5. The molecule has 19 heteroatoms. The number of hydrogen-bond donors (Lipinski definition) is 2. The van der Waals surface area contributed by atoms with Crippen molar-refractivity contribution in [3.8, 4) is 56.0 Å². The van der Waals surface area contributed by atoms with Gasteiger partial charge in [-0.1, -0.05) is 49.8 Å². The summed E-state index contributed by atoms with van der Waals surface area (Å²) in [6.45, 7) is 16.3. The lowest BCUT2D eigenvalue weighted by Crippen LogP contribution is -2.28. The number of H-pyrrole nitrogens is 2. The van der Waals surface area contributed by atoms with Gasteiger partial charge >= 0.3 is 7.60 Å². The van der Waals surface area contributed by atoms with E-state index in [1.54, 1.807) is 65.8 Å². The van der Waals surface area contributed by atoms with Crippen LogP contribution in [0.1, 0.15) is 69.9 Å². The molecular formula is C57H45F10N4O3PSi. The molecule has 0 atom stereocenters. The average molecular weight is 1080 g/mol. The first-order valence-electron chi connectivity index (χ1n) is 23.5. The summed E-state index contributed by atoms with van der Waals surface area (Å²) in [5.41, 5.74) is -1.68. The fourth-order valence-corrected chi connectivity index (χ4v) is 11.3. The number of rotatable bonds is 7. The van der Waals surface area contributed by atoms with Gasteiger partial charge in [-0.25, -0.2) is 53.9 Å². The van der Waals surface area contributed by atoms with Crippen molar-refractivity contribution in [2.45, 2.75) is 72.4 Å². The first-order chi connectivity index (χ1) is 35.5. The maximum Gasteiger partial charge on any atom is 0.362 e. The molecule has 2 aliphatic rings. The molecule has 0 fully saturated rings. The van der Waals surface area contributed by atoms with Crippen LogP contribution in [-0.4, -0.2) is 39.2 Å². The van der Waals surface area contributed by atoms with Gasteiger partial charge in [0.2, 0.25) is 11.6 Å². The van der Waals surface area contributed by atoms with Crippen molar-refractivity contribution in [1.82, 2.24) is 19.9 Å². The van der Waals surface area contributed by atoms with Crippen molar-refractivity contribution in [1.29, 1.82) is 0 Å². The van der Waals surface area contributed by atoms with Crippen molar-refractivity contribution in [2.75, 3.05) is 0 Å².